The predicted molar refractivity (Wildman–Crippen MR) is 233 cm³/mol. The Morgan fingerprint density at radius 1 is 0.759 bits per heavy atom. The van der Waals surface area contributed by atoms with E-state index < -0.39 is 11.1 Å². The van der Waals surface area contributed by atoms with Gasteiger partial charge in [-0.05, 0) is 92.8 Å². The topological polar surface area (TPSA) is 222 Å². The van der Waals surface area contributed by atoms with Crippen molar-refractivity contribution in [3.05, 3.63) is 74.6 Å². The zero-order chi connectivity index (χ0) is 41.3. The number of nitrogens with zero attached hydrogens (tertiary/aromatic N) is 4. The second-order valence-corrected chi connectivity index (χ2v) is 17.4. The van der Waals surface area contributed by atoms with Crippen molar-refractivity contribution < 1.29 is 23.9 Å². The predicted octanol–water partition coefficient (Wildman–Crippen LogP) is 4.23. The van der Waals surface area contributed by atoms with Gasteiger partial charge in [-0.15, -0.1) is 22.7 Å². The van der Waals surface area contributed by atoms with Crippen molar-refractivity contribution in [1.29, 1.82) is 0 Å². The van der Waals surface area contributed by atoms with E-state index in [1.165, 1.54) is 22.7 Å². The number of para-hydroxylation sites is 4. The molecular weight excluding hydrogens is 847 g/mol. The Bertz CT molecular complexity index is 2060. The number of halogens is 1. The number of likely N-dealkylation sites (N-methyl/N-ethyl adjacent to an activating group) is 2. The SMILES string of the molecule is CNC1(C(N)=O)CCN(c2ccccc2NC(=O)c2csc(Br)n2)CC1.CNC1(C(N)=O)CCN(c2ccccc2NC(=O)c2csc(NC3CCCOC3)n2)CC1. The maximum absolute atomic E-state index is 12.9. The average molecular weight is 897 g/mol. The number of piperidine rings is 2. The normalized spacial score (nSPS) is 18.6. The summed E-state index contributed by atoms with van der Waals surface area (Å²) in [5.41, 5.74) is 13.9. The molecule has 1 atom stereocenters. The number of nitrogens with one attached hydrogen (secondary N) is 5. The van der Waals surface area contributed by atoms with Gasteiger partial charge in [0.2, 0.25) is 11.8 Å². The highest BCUT2D eigenvalue weighted by Crippen LogP contribution is 2.33. The van der Waals surface area contributed by atoms with Gasteiger partial charge < -0.3 is 52.6 Å². The fourth-order valence-electron chi connectivity index (χ4n) is 7.41. The second kappa shape index (κ2) is 19.4. The third kappa shape index (κ3) is 10.1. The average Bonchev–Trinajstić information content (AvgIpc) is 3.91. The van der Waals surface area contributed by atoms with E-state index in [9.17, 15) is 19.2 Å². The van der Waals surface area contributed by atoms with Gasteiger partial charge >= 0.3 is 0 Å². The molecule has 4 amide bonds. The number of carbonyl (C=O) groups is 4. The van der Waals surface area contributed by atoms with Crippen molar-refractivity contribution in [3.8, 4) is 0 Å². The lowest BCUT2D eigenvalue weighted by Gasteiger charge is -2.41. The molecule has 0 bridgehead atoms. The fourth-order valence-corrected chi connectivity index (χ4v) is 9.17. The Morgan fingerprint density at radius 3 is 1.67 bits per heavy atom. The molecule has 0 aliphatic carbocycles. The van der Waals surface area contributed by atoms with Crippen LogP contribution < -0.4 is 47.9 Å². The van der Waals surface area contributed by atoms with Crippen molar-refractivity contribution in [2.24, 2.45) is 11.5 Å². The van der Waals surface area contributed by atoms with Gasteiger partial charge in [-0.3, -0.25) is 19.2 Å². The van der Waals surface area contributed by atoms with Gasteiger partial charge in [-0.25, -0.2) is 9.97 Å². The summed E-state index contributed by atoms with van der Waals surface area (Å²) in [6.07, 6.45) is 4.49. The van der Waals surface area contributed by atoms with E-state index >= 15 is 0 Å². The minimum Gasteiger partial charge on any atom is -0.379 e. The van der Waals surface area contributed by atoms with E-state index in [0.717, 1.165) is 47.3 Å². The summed E-state index contributed by atoms with van der Waals surface area (Å²) in [4.78, 5) is 62.0. The number of benzene rings is 2. The molecule has 0 saturated carbocycles. The van der Waals surface area contributed by atoms with Gasteiger partial charge in [0, 0.05) is 43.5 Å². The van der Waals surface area contributed by atoms with Crippen LogP contribution in [0.1, 0.15) is 59.5 Å². The Kier molecular flexibility index (Phi) is 14.4. The van der Waals surface area contributed by atoms with Crippen LogP contribution in [0.4, 0.5) is 27.9 Å². The van der Waals surface area contributed by atoms with Crippen molar-refractivity contribution in [2.45, 2.75) is 55.6 Å². The summed E-state index contributed by atoms with van der Waals surface area (Å²) < 4.78 is 6.16. The third-order valence-corrected chi connectivity index (χ3v) is 13.2. The summed E-state index contributed by atoms with van der Waals surface area (Å²) in [5, 5.41) is 19.7. The van der Waals surface area contributed by atoms with Crippen LogP contribution in [-0.4, -0.2) is 104 Å². The first-order valence-electron chi connectivity index (χ1n) is 19.1. The summed E-state index contributed by atoms with van der Waals surface area (Å²) in [6.45, 7) is 4.11. The molecule has 1 unspecified atom stereocenters. The van der Waals surface area contributed by atoms with Gasteiger partial charge in [-0.1, -0.05) is 24.3 Å². The monoisotopic (exact) mass is 895 g/mol. The van der Waals surface area contributed by atoms with Crippen LogP contribution in [0.15, 0.2) is 63.2 Å². The third-order valence-electron chi connectivity index (χ3n) is 11.1. The van der Waals surface area contributed by atoms with E-state index in [4.69, 9.17) is 16.2 Å². The van der Waals surface area contributed by atoms with Gasteiger partial charge in [0.25, 0.3) is 11.8 Å². The quantitative estimate of drug-likeness (QED) is 0.106. The lowest BCUT2D eigenvalue weighted by molar-refractivity contribution is -0.125. The fraction of sp³-hybridized carbons (Fsp3) is 0.436. The molecule has 2 aromatic heterocycles. The second-order valence-electron chi connectivity index (χ2n) is 14.4. The molecular formula is C39H50BrN11O5S2. The van der Waals surface area contributed by atoms with Crippen LogP contribution in [0.2, 0.25) is 0 Å². The minimum absolute atomic E-state index is 0.232. The number of carbonyl (C=O) groups excluding carboxylic acids is 4. The maximum atomic E-state index is 12.9. The Balaban J connectivity index is 0.000000200. The highest BCUT2D eigenvalue weighted by Gasteiger charge is 2.40. The van der Waals surface area contributed by atoms with Crippen molar-refractivity contribution in [3.63, 3.8) is 0 Å². The molecule has 0 spiro atoms. The molecule has 19 heteroatoms. The molecule has 7 rings (SSSR count). The molecule has 4 aromatic rings. The largest absolute Gasteiger partial charge is 0.379 e. The summed E-state index contributed by atoms with van der Waals surface area (Å²) in [7, 11) is 3.54. The highest BCUT2D eigenvalue weighted by molar-refractivity contribution is 9.11. The van der Waals surface area contributed by atoms with Gasteiger partial charge in [0.1, 0.15) is 22.5 Å². The molecule has 2 aromatic carbocycles. The number of nitrogens with two attached hydrogens (primary N) is 2. The number of aromatic nitrogens is 2. The van der Waals surface area contributed by atoms with Crippen LogP contribution in [0, 0.1) is 0 Å². The van der Waals surface area contributed by atoms with Crippen molar-refractivity contribution in [2.75, 3.05) is 79.2 Å². The standard InChI is InChI=1S/C22H30N6O3S.C17H20BrN5O2S/c1-24-22(20(23)30)8-10-28(11-9-22)18-7-3-2-6-16(18)26-19(29)17-14-32-21(27-17)25-15-5-4-12-31-13-15;1-20-17(15(19)25)6-8-23(9-7-17)13-5-3-2-4-11(13)21-14(24)12-10-26-16(18)22-12/h2-3,6-7,14-15,24H,4-5,8-13H2,1H3,(H2,23,30)(H,25,27)(H,26,29);2-5,10,20H,6-9H2,1H3,(H2,19,25)(H,21,24). The zero-order valence-electron chi connectivity index (χ0n) is 32.5. The van der Waals surface area contributed by atoms with Crippen LogP contribution in [0.3, 0.4) is 0 Å². The van der Waals surface area contributed by atoms with Crippen molar-refractivity contribution >= 4 is 90.1 Å². The number of thiazole rings is 2. The number of rotatable bonds is 12. The smallest absolute Gasteiger partial charge is 0.275 e. The van der Waals surface area contributed by atoms with Gasteiger partial charge in [0.15, 0.2) is 9.05 Å². The number of ether oxygens (including phenoxy) is 1. The molecule has 0 radical (unpaired) electrons. The lowest BCUT2D eigenvalue weighted by atomic mass is 9.86. The van der Waals surface area contributed by atoms with Crippen LogP contribution in [-0.2, 0) is 14.3 Å². The molecule has 9 N–H and O–H groups in total. The zero-order valence-corrected chi connectivity index (χ0v) is 35.7. The molecule has 3 aliphatic rings. The Morgan fingerprint density at radius 2 is 1.24 bits per heavy atom. The molecule has 5 heterocycles. The van der Waals surface area contributed by atoms with Gasteiger partial charge in [0.05, 0.1) is 35.4 Å². The summed E-state index contributed by atoms with van der Waals surface area (Å²) in [5.74, 6) is -1.15. The number of amides is 4. The molecule has 3 aliphatic heterocycles. The molecule has 310 valence electrons. The van der Waals surface area contributed by atoms with E-state index in [1.807, 2.05) is 48.5 Å². The number of hydrogen-bond donors (Lipinski definition) is 7. The van der Waals surface area contributed by atoms with E-state index in [1.54, 1.807) is 24.9 Å². The maximum Gasteiger partial charge on any atom is 0.275 e. The molecule has 16 nitrogen and oxygen atoms in total. The summed E-state index contributed by atoms with van der Waals surface area (Å²) in [6, 6.07) is 15.6. The van der Waals surface area contributed by atoms with E-state index in [2.05, 4.69) is 62.3 Å². The van der Waals surface area contributed by atoms with E-state index in [-0.39, 0.29) is 29.7 Å². The first kappa shape index (κ1) is 42.9. The highest BCUT2D eigenvalue weighted by atomic mass is 79.9. The number of primary amides is 2. The Hall–Kier alpha value is -4.66. The molecule has 3 saturated heterocycles. The first-order chi connectivity index (χ1) is 28.0. The van der Waals surface area contributed by atoms with Gasteiger partial charge in [-0.2, -0.15) is 0 Å². The number of hydrogen-bond acceptors (Lipinski definition) is 14. The van der Waals surface area contributed by atoms with Crippen LogP contribution in [0.5, 0.6) is 0 Å². The van der Waals surface area contributed by atoms with Crippen molar-refractivity contribution in [1.82, 2.24) is 20.6 Å². The van der Waals surface area contributed by atoms with E-state index in [0.29, 0.717) is 73.8 Å². The lowest BCUT2D eigenvalue weighted by Crippen LogP contribution is -2.59. The minimum atomic E-state index is -0.679. The number of anilines is 5. The molecule has 3 fully saturated rings. The summed E-state index contributed by atoms with van der Waals surface area (Å²) >= 11 is 6.05. The van der Waals surface area contributed by atoms with Crippen LogP contribution >= 0.6 is 38.6 Å². The molecule has 58 heavy (non-hydrogen) atoms. The first-order valence-corrected chi connectivity index (χ1v) is 21.7. The van der Waals surface area contributed by atoms with Crippen LogP contribution in [0.25, 0.3) is 0 Å². The Labute approximate surface area is 354 Å².